The number of unbranched alkanes of at least 4 members (excludes halogenated alkanes) is 4. The summed E-state index contributed by atoms with van der Waals surface area (Å²) < 4.78 is 33.7. The highest BCUT2D eigenvalue weighted by molar-refractivity contribution is 5.48. The van der Waals surface area contributed by atoms with Crippen LogP contribution in [-0.4, -0.2) is 12.2 Å². The molecule has 0 aliphatic heterocycles. The third kappa shape index (κ3) is 6.28. The van der Waals surface area contributed by atoms with E-state index in [0.717, 1.165) is 25.7 Å². The van der Waals surface area contributed by atoms with E-state index in [1.807, 2.05) is 13.8 Å². The predicted octanol–water partition coefficient (Wildman–Crippen LogP) is 8.07. The zero-order valence-corrected chi connectivity index (χ0v) is 21.0. The van der Waals surface area contributed by atoms with Gasteiger partial charge in [-0.2, -0.15) is 0 Å². The molecule has 1 aromatic rings. The molecule has 0 saturated carbocycles. The summed E-state index contributed by atoms with van der Waals surface area (Å²) in [4.78, 5) is 0. The molecule has 0 heterocycles. The number of ether oxygens (including phenoxy) is 1. The zero-order valence-electron chi connectivity index (χ0n) is 21.0. The fourth-order valence-electron chi connectivity index (χ4n) is 5.27. The van der Waals surface area contributed by atoms with E-state index in [1.165, 1.54) is 45.3 Å². The highest BCUT2D eigenvalue weighted by atomic mass is 19.2. The van der Waals surface area contributed by atoms with E-state index >= 15 is 0 Å². The number of hydrogen-bond donors (Lipinski definition) is 1. The van der Waals surface area contributed by atoms with Crippen molar-refractivity contribution >= 4 is 0 Å². The van der Waals surface area contributed by atoms with Crippen LogP contribution in [0.4, 0.5) is 8.78 Å². The maximum absolute atomic E-state index is 14.5. The maximum atomic E-state index is 14.5. The average Bonchev–Trinajstić information content (AvgIpc) is 2.92. The summed E-state index contributed by atoms with van der Waals surface area (Å²) in [5.41, 5.74) is -0.187. The van der Waals surface area contributed by atoms with Crippen LogP contribution in [0, 0.1) is 23.0 Å². The SMILES string of the molecule is CCCC(CCC)C1(O)c2c(cc(F)c(F)c2COC)CC1(C)C.CCCCCCC. The van der Waals surface area contributed by atoms with Crippen molar-refractivity contribution in [2.24, 2.45) is 11.3 Å². The molecule has 1 N–H and O–H groups in total. The first-order chi connectivity index (χ1) is 14.7. The third-order valence-electron chi connectivity index (χ3n) is 6.80. The molecular formula is C27H46F2O2. The lowest BCUT2D eigenvalue weighted by Crippen LogP contribution is -2.46. The van der Waals surface area contributed by atoms with Crippen LogP contribution in [0.1, 0.15) is 116 Å². The van der Waals surface area contributed by atoms with Gasteiger partial charge in [-0.1, -0.05) is 86.5 Å². The van der Waals surface area contributed by atoms with Crippen molar-refractivity contribution in [3.05, 3.63) is 34.4 Å². The molecule has 4 heteroatoms. The highest BCUT2D eigenvalue weighted by Crippen LogP contribution is 2.57. The lowest BCUT2D eigenvalue weighted by atomic mass is 9.65. The largest absolute Gasteiger partial charge is 0.384 e. The van der Waals surface area contributed by atoms with Gasteiger partial charge in [0.05, 0.1) is 12.2 Å². The molecule has 0 bridgehead atoms. The zero-order chi connectivity index (χ0) is 23.7. The molecule has 0 amide bonds. The van der Waals surface area contributed by atoms with Crippen molar-refractivity contribution < 1.29 is 18.6 Å². The molecule has 180 valence electrons. The molecular weight excluding hydrogens is 394 g/mol. The molecule has 0 aromatic heterocycles. The van der Waals surface area contributed by atoms with Gasteiger partial charge in [-0.15, -0.1) is 0 Å². The Kier molecular flexibility index (Phi) is 11.7. The van der Waals surface area contributed by atoms with E-state index in [-0.39, 0.29) is 18.1 Å². The Morgan fingerprint density at radius 2 is 1.52 bits per heavy atom. The Bertz CT molecular complexity index is 662. The summed E-state index contributed by atoms with van der Waals surface area (Å²) in [6, 6.07) is 1.26. The van der Waals surface area contributed by atoms with Crippen molar-refractivity contribution in [2.45, 2.75) is 118 Å². The second kappa shape index (κ2) is 12.9. The first-order valence-corrected chi connectivity index (χ1v) is 12.4. The topological polar surface area (TPSA) is 29.5 Å². The lowest BCUT2D eigenvalue weighted by Gasteiger charge is -2.44. The summed E-state index contributed by atoms with van der Waals surface area (Å²) in [6.45, 7) is 12.6. The lowest BCUT2D eigenvalue weighted by molar-refractivity contribution is -0.114. The van der Waals surface area contributed by atoms with E-state index < -0.39 is 22.7 Å². The van der Waals surface area contributed by atoms with Gasteiger partial charge in [0.1, 0.15) is 0 Å². The van der Waals surface area contributed by atoms with E-state index in [4.69, 9.17) is 4.74 Å². The van der Waals surface area contributed by atoms with Gasteiger partial charge in [-0.05, 0) is 42.4 Å². The van der Waals surface area contributed by atoms with Crippen LogP contribution in [0.15, 0.2) is 6.07 Å². The molecule has 1 aliphatic rings. The molecule has 0 fully saturated rings. The van der Waals surface area contributed by atoms with Gasteiger partial charge in [-0.25, -0.2) is 8.78 Å². The van der Waals surface area contributed by atoms with Crippen molar-refractivity contribution in [1.82, 2.24) is 0 Å². The predicted molar refractivity (Wildman–Crippen MR) is 126 cm³/mol. The van der Waals surface area contributed by atoms with Crippen LogP contribution < -0.4 is 0 Å². The Morgan fingerprint density at radius 3 is 1.97 bits per heavy atom. The quantitative estimate of drug-likeness (QED) is 0.352. The minimum absolute atomic E-state index is 0.0178. The summed E-state index contributed by atoms with van der Waals surface area (Å²) in [7, 11) is 1.46. The number of methoxy groups -OCH3 is 1. The number of benzene rings is 1. The molecule has 1 atom stereocenters. The summed E-state index contributed by atoms with van der Waals surface area (Å²) in [5.74, 6) is -1.73. The standard InChI is InChI=1S/C20H30F2O2.C7H16/c1-6-8-14(9-7-2)20(23)17-13(11-19(20,3)4)10-16(21)18(22)15(17)12-24-5;1-3-5-7-6-4-2/h10,14,23H,6-9,11-12H2,1-5H3;3-7H2,1-2H3. The summed E-state index contributed by atoms with van der Waals surface area (Å²) >= 11 is 0. The Hall–Kier alpha value is -1.00. The smallest absolute Gasteiger partial charge is 0.164 e. The molecule has 31 heavy (non-hydrogen) atoms. The minimum atomic E-state index is -1.17. The van der Waals surface area contributed by atoms with Crippen LogP contribution >= 0.6 is 0 Å². The monoisotopic (exact) mass is 440 g/mol. The number of hydrogen-bond acceptors (Lipinski definition) is 2. The summed E-state index contributed by atoms with van der Waals surface area (Å²) in [6.07, 6.45) is 11.2. The van der Waals surface area contributed by atoms with E-state index in [9.17, 15) is 13.9 Å². The fraction of sp³-hybridized carbons (Fsp3) is 0.778. The van der Waals surface area contributed by atoms with Gasteiger partial charge in [0.25, 0.3) is 0 Å². The minimum Gasteiger partial charge on any atom is -0.384 e. The first-order valence-electron chi connectivity index (χ1n) is 12.4. The van der Waals surface area contributed by atoms with Gasteiger partial charge >= 0.3 is 0 Å². The van der Waals surface area contributed by atoms with Crippen molar-refractivity contribution in [2.75, 3.05) is 7.11 Å². The van der Waals surface area contributed by atoms with E-state index in [0.29, 0.717) is 17.5 Å². The van der Waals surface area contributed by atoms with Gasteiger partial charge in [-0.3, -0.25) is 0 Å². The van der Waals surface area contributed by atoms with Crippen LogP contribution in [0.25, 0.3) is 0 Å². The van der Waals surface area contributed by atoms with Crippen LogP contribution in [0.3, 0.4) is 0 Å². The van der Waals surface area contributed by atoms with Gasteiger partial charge < -0.3 is 9.84 Å². The van der Waals surface area contributed by atoms with Crippen molar-refractivity contribution in [1.29, 1.82) is 0 Å². The molecule has 0 radical (unpaired) electrons. The average molecular weight is 441 g/mol. The van der Waals surface area contributed by atoms with Gasteiger partial charge in [0.2, 0.25) is 0 Å². The number of halogens is 2. The number of aliphatic hydroxyl groups is 1. The second-order valence-electron chi connectivity index (χ2n) is 9.78. The van der Waals surface area contributed by atoms with Crippen LogP contribution in [0.5, 0.6) is 0 Å². The Morgan fingerprint density at radius 1 is 0.968 bits per heavy atom. The van der Waals surface area contributed by atoms with E-state index in [2.05, 4.69) is 27.7 Å². The fourth-order valence-corrected chi connectivity index (χ4v) is 5.27. The van der Waals surface area contributed by atoms with Crippen molar-refractivity contribution in [3.8, 4) is 0 Å². The first kappa shape index (κ1) is 28.0. The number of rotatable bonds is 11. The Balaban J connectivity index is 0.000000592. The summed E-state index contributed by atoms with van der Waals surface area (Å²) in [5, 5.41) is 11.9. The molecule has 1 aromatic carbocycles. The highest BCUT2D eigenvalue weighted by Gasteiger charge is 2.56. The number of fused-ring (bicyclic) bond motifs is 1. The van der Waals surface area contributed by atoms with Crippen LogP contribution in [-0.2, 0) is 23.4 Å². The molecule has 2 nitrogen and oxygen atoms in total. The molecule has 2 rings (SSSR count). The third-order valence-corrected chi connectivity index (χ3v) is 6.80. The van der Waals surface area contributed by atoms with E-state index in [1.54, 1.807) is 0 Å². The molecule has 1 aliphatic carbocycles. The Labute approximate surface area is 189 Å². The van der Waals surface area contributed by atoms with Crippen LogP contribution in [0.2, 0.25) is 0 Å². The van der Waals surface area contributed by atoms with Gasteiger partial charge in [0, 0.05) is 18.1 Å². The normalized spacial score (nSPS) is 19.3. The second-order valence-corrected chi connectivity index (χ2v) is 9.78. The molecule has 0 spiro atoms. The van der Waals surface area contributed by atoms with Gasteiger partial charge in [0.15, 0.2) is 11.6 Å². The van der Waals surface area contributed by atoms with Crippen molar-refractivity contribution in [3.63, 3.8) is 0 Å². The maximum Gasteiger partial charge on any atom is 0.164 e. The molecule has 0 saturated heterocycles. The molecule has 1 unspecified atom stereocenters.